The molecule has 0 aliphatic carbocycles. The van der Waals surface area contributed by atoms with Crippen LogP contribution in [0, 0.1) is 0 Å². The summed E-state index contributed by atoms with van der Waals surface area (Å²) >= 11 is 1.56. The van der Waals surface area contributed by atoms with Gasteiger partial charge in [0.05, 0.1) is 5.52 Å². The number of fused-ring (bicyclic) bond motifs is 1. The molecule has 2 aromatic carbocycles. The highest BCUT2D eigenvalue weighted by Gasteiger charge is 2.09. The lowest BCUT2D eigenvalue weighted by Crippen LogP contribution is -2.17. The second-order valence-electron chi connectivity index (χ2n) is 6.59. The molecule has 4 aromatic rings. The van der Waals surface area contributed by atoms with Gasteiger partial charge in [0.2, 0.25) is 5.91 Å². The van der Waals surface area contributed by atoms with Crippen LogP contribution in [0.2, 0.25) is 0 Å². The molecular formula is C21H20N4O3S. The van der Waals surface area contributed by atoms with Gasteiger partial charge in [-0.15, -0.1) is 0 Å². The molecule has 29 heavy (non-hydrogen) atoms. The van der Waals surface area contributed by atoms with Crippen LogP contribution in [-0.2, 0) is 18.4 Å². The second kappa shape index (κ2) is 8.40. The smallest absolute Gasteiger partial charge is 0.408 e. The van der Waals surface area contributed by atoms with Crippen molar-refractivity contribution in [2.75, 3.05) is 5.32 Å². The Labute approximate surface area is 171 Å². The zero-order valence-corrected chi connectivity index (χ0v) is 16.7. The normalized spacial score (nSPS) is 11.1. The molecule has 0 atom stereocenters. The van der Waals surface area contributed by atoms with Crippen LogP contribution in [0.4, 0.5) is 5.69 Å². The number of imidazole rings is 1. The molecule has 7 nitrogen and oxygen atoms in total. The standard InChI is InChI=1S/C21H20N4O3S/c1-24-14-12-22-20(24)29-16-10-8-15(9-11-16)23-19(26)7-4-13-25-17-5-2-3-6-18(17)28-21(25)27/h2-3,5-6,8-12,14H,4,7,13H2,1H3,(H,23,26). The van der Waals surface area contributed by atoms with Gasteiger partial charge in [-0.1, -0.05) is 23.9 Å². The van der Waals surface area contributed by atoms with E-state index in [0.717, 1.165) is 21.3 Å². The lowest BCUT2D eigenvalue weighted by atomic mass is 10.2. The molecule has 0 fully saturated rings. The minimum absolute atomic E-state index is 0.0876. The van der Waals surface area contributed by atoms with Crippen molar-refractivity contribution in [2.45, 2.75) is 29.4 Å². The second-order valence-corrected chi connectivity index (χ2v) is 7.63. The molecule has 0 radical (unpaired) electrons. The van der Waals surface area contributed by atoms with Crippen molar-refractivity contribution < 1.29 is 9.21 Å². The van der Waals surface area contributed by atoms with Crippen molar-refractivity contribution in [3.8, 4) is 0 Å². The summed E-state index contributed by atoms with van der Waals surface area (Å²) in [5.41, 5.74) is 2.05. The minimum Gasteiger partial charge on any atom is -0.408 e. The van der Waals surface area contributed by atoms with E-state index in [9.17, 15) is 9.59 Å². The number of nitrogens with one attached hydrogen (secondary N) is 1. The quantitative estimate of drug-likeness (QED) is 0.502. The van der Waals surface area contributed by atoms with Gasteiger partial charge in [-0.25, -0.2) is 9.78 Å². The van der Waals surface area contributed by atoms with Crippen molar-refractivity contribution in [3.05, 3.63) is 71.5 Å². The van der Waals surface area contributed by atoms with Crippen LogP contribution in [0.25, 0.3) is 11.1 Å². The molecule has 1 N–H and O–H groups in total. The number of carbonyl (C=O) groups is 1. The molecule has 0 saturated heterocycles. The van der Waals surface area contributed by atoms with E-state index < -0.39 is 5.76 Å². The largest absolute Gasteiger partial charge is 0.419 e. The molecule has 148 valence electrons. The number of nitrogens with zero attached hydrogens (tertiary/aromatic N) is 3. The Morgan fingerprint density at radius 1 is 1.17 bits per heavy atom. The first-order valence-corrected chi connectivity index (χ1v) is 10.1. The molecule has 0 unspecified atom stereocenters. The summed E-state index contributed by atoms with van der Waals surface area (Å²) < 4.78 is 8.72. The molecule has 0 spiro atoms. The van der Waals surface area contributed by atoms with Crippen molar-refractivity contribution >= 4 is 34.5 Å². The van der Waals surface area contributed by atoms with Crippen LogP contribution in [0.3, 0.4) is 0 Å². The highest BCUT2D eigenvalue weighted by atomic mass is 32.2. The lowest BCUT2D eigenvalue weighted by molar-refractivity contribution is -0.116. The van der Waals surface area contributed by atoms with Gasteiger partial charge in [0.25, 0.3) is 0 Å². The Bertz CT molecular complexity index is 1190. The van der Waals surface area contributed by atoms with E-state index in [1.165, 1.54) is 0 Å². The number of hydrogen-bond acceptors (Lipinski definition) is 5. The summed E-state index contributed by atoms with van der Waals surface area (Å²) in [4.78, 5) is 29.5. The fourth-order valence-electron chi connectivity index (χ4n) is 3.01. The van der Waals surface area contributed by atoms with E-state index in [2.05, 4.69) is 10.3 Å². The highest BCUT2D eigenvalue weighted by Crippen LogP contribution is 2.26. The summed E-state index contributed by atoms with van der Waals surface area (Å²) in [7, 11) is 1.95. The molecule has 0 bridgehead atoms. The Balaban J connectivity index is 1.30. The van der Waals surface area contributed by atoms with Gasteiger partial charge in [0, 0.05) is 43.0 Å². The fraction of sp³-hybridized carbons (Fsp3) is 0.190. The van der Waals surface area contributed by atoms with Crippen molar-refractivity contribution in [2.24, 2.45) is 7.05 Å². The highest BCUT2D eigenvalue weighted by molar-refractivity contribution is 7.99. The predicted octanol–water partition coefficient (Wildman–Crippen LogP) is 3.90. The maximum Gasteiger partial charge on any atom is 0.419 e. The number of para-hydroxylation sites is 2. The molecular weight excluding hydrogens is 388 g/mol. The number of amides is 1. The minimum atomic E-state index is -0.396. The lowest BCUT2D eigenvalue weighted by Gasteiger charge is -2.07. The third-order valence-corrected chi connectivity index (χ3v) is 5.57. The molecule has 0 saturated carbocycles. The van der Waals surface area contributed by atoms with E-state index in [1.54, 1.807) is 28.6 Å². The maximum atomic E-state index is 12.2. The number of benzene rings is 2. The third kappa shape index (κ3) is 4.43. The van der Waals surface area contributed by atoms with Crippen LogP contribution < -0.4 is 11.1 Å². The SMILES string of the molecule is Cn1ccnc1Sc1ccc(NC(=O)CCCn2c(=O)oc3ccccc32)cc1. The summed E-state index contributed by atoms with van der Waals surface area (Å²) in [6.07, 6.45) is 4.52. The first-order chi connectivity index (χ1) is 14.1. The number of rotatable bonds is 7. The summed E-state index contributed by atoms with van der Waals surface area (Å²) in [5, 5.41) is 3.80. The number of hydrogen-bond donors (Lipinski definition) is 1. The number of aromatic nitrogens is 3. The van der Waals surface area contributed by atoms with Crippen molar-refractivity contribution in [1.29, 1.82) is 0 Å². The Morgan fingerprint density at radius 2 is 1.97 bits per heavy atom. The van der Waals surface area contributed by atoms with Gasteiger partial charge in [-0.05, 0) is 42.8 Å². The monoisotopic (exact) mass is 408 g/mol. The van der Waals surface area contributed by atoms with E-state index >= 15 is 0 Å². The first kappa shape index (κ1) is 19.1. The fourth-order valence-corrected chi connectivity index (χ4v) is 3.81. The van der Waals surface area contributed by atoms with Gasteiger partial charge in [0.1, 0.15) is 0 Å². The molecule has 2 aromatic heterocycles. The van der Waals surface area contributed by atoms with E-state index in [0.29, 0.717) is 25.0 Å². The van der Waals surface area contributed by atoms with Crippen molar-refractivity contribution in [3.63, 3.8) is 0 Å². The number of carbonyl (C=O) groups excluding carboxylic acids is 1. The van der Waals surface area contributed by atoms with E-state index in [-0.39, 0.29) is 5.91 Å². The van der Waals surface area contributed by atoms with Gasteiger partial charge in [-0.2, -0.15) is 0 Å². The topological polar surface area (TPSA) is 82.1 Å². The number of anilines is 1. The van der Waals surface area contributed by atoms with Crippen LogP contribution in [0.5, 0.6) is 0 Å². The summed E-state index contributed by atoms with van der Waals surface area (Å²) in [5.74, 6) is -0.484. The van der Waals surface area contributed by atoms with Gasteiger partial charge in [-0.3, -0.25) is 9.36 Å². The first-order valence-electron chi connectivity index (χ1n) is 9.23. The van der Waals surface area contributed by atoms with Crippen LogP contribution >= 0.6 is 11.8 Å². The zero-order valence-electron chi connectivity index (χ0n) is 15.9. The third-order valence-electron chi connectivity index (χ3n) is 4.48. The number of oxazole rings is 1. The van der Waals surface area contributed by atoms with Crippen LogP contribution in [-0.4, -0.2) is 20.0 Å². The Hall–Kier alpha value is -3.26. The maximum absolute atomic E-state index is 12.2. The summed E-state index contributed by atoms with van der Waals surface area (Å²) in [6.45, 7) is 0.433. The van der Waals surface area contributed by atoms with Crippen molar-refractivity contribution in [1.82, 2.24) is 14.1 Å². The molecule has 0 aliphatic heterocycles. The van der Waals surface area contributed by atoms with Gasteiger partial charge >= 0.3 is 5.76 Å². The average molecular weight is 408 g/mol. The zero-order chi connectivity index (χ0) is 20.2. The number of aryl methyl sites for hydroxylation is 2. The van der Waals surface area contributed by atoms with E-state index in [1.807, 2.05) is 60.3 Å². The molecule has 8 heteroatoms. The van der Waals surface area contributed by atoms with Gasteiger partial charge in [0.15, 0.2) is 10.7 Å². The Morgan fingerprint density at radius 3 is 2.72 bits per heavy atom. The molecule has 4 rings (SSSR count). The van der Waals surface area contributed by atoms with Crippen LogP contribution in [0.1, 0.15) is 12.8 Å². The predicted molar refractivity (Wildman–Crippen MR) is 112 cm³/mol. The molecule has 2 heterocycles. The average Bonchev–Trinajstić information content (AvgIpc) is 3.26. The van der Waals surface area contributed by atoms with Crippen LogP contribution in [0.15, 0.2) is 80.2 Å². The molecule has 0 aliphatic rings. The Kier molecular flexibility index (Phi) is 5.53. The van der Waals surface area contributed by atoms with Gasteiger partial charge < -0.3 is 14.3 Å². The molecule has 1 amide bonds. The van der Waals surface area contributed by atoms with E-state index in [4.69, 9.17) is 4.42 Å². The summed E-state index contributed by atoms with van der Waals surface area (Å²) in [6, 6.07) is 14.9.